The minimum Gasteiger partial charge on any atom is -0.493 e. The van der Waals surface area contributed by atoms with E-state index < -0.39 is 34.4 Å². The number of hydrogen-bond donors (Lipinski definition) is 4. The molecule has 0 aliphatic carbocycles. The van der Waals surface area contributed by atoms with E-state index in [2.05, 4.69) is 11.9 Å². The van der Waals surface area contributed by atoms with Crippen LogP contribution in [0.5, 0.6) is 5.75 Å². The normalized spacial score (nSPS) is 10.6. The number of anilines is 1. The first-order chi connectivity index (χ1) is 12.9. The van der Waals surface area contributed by atoms with E-state index in [0.717, 1.165) is 25.7 Å². The molecule has 1 heterocycles. The van der Waals surface area contributed by atoms with Gasteiger partial charge in [0, 0.05) is 11.1 Å². The second-order valence-corrected chi connectivity index (χ2v) is 6.01. The molecule has 8 heteroatoms. The van der Waals surface area contributed by atoms with E-state index in [1.54, 1.807) is 18.2 Å². The molecule has 2 aromatic rings. The zero-order chi connectivity index (χ0) is 20.0. The van der Waals surface area contributed by atoms with Gasteiger partial charge >= 0.3 is 11.9 Å². The molecule has 1 aromatic heterocycles. The van der Waals surface area contributed by atoms with Gasteiger partial charge < -0.3 is 25.7 Å². The Morgan fingerprint density at radius 3 is 2.37 bits per heavy atom. The highest BCUT2D eigenvalue weighted by Gasteiger charge is 2.28. The molecule has 0 aliphatic rings. The molecule has 1 aromatic carbocycles. The van der Waals surface area contributed by atoms with Gasteiger partial charge in [-0.3, -0.25) is 4.79 Å². The number of unbranched alkanes of at least 4 members (excludes halogenated alkanes) is 3. The van der Waals surface area contributed by atoms with Crippen molar-refractivity contribution in [3.63, 3.8) is 0 Å². The number of benzene rings is 1. The Morgan fingerprint density at radius 2 is 1.74 bits per heavy atom. The maximum absolute atomic E-state index is 12.1. The summed E-state index contributed by atoms with van der Waals surface area (Å²) in [5, 5.41) is 19.0. The summed E-state index contributed by atoms with van der Waals surface area (Å²) >= 11 is 0. The summed E-state index contributed by atoms with van der Waals surface area (Å²) in [6, 6.07) is 6.40. The molecule has 0 saturated heterocycles. The van der Waals surface area contributed by atoms with Gasteiger partial charge in [0.2, 0.25) is 0 Å². The molecule has 0 atom stereocenters. The second-order valence-electron chi connectivity index (χ2n) is 6.01. The van der Waals surface area contributed by atoms with Gasteiger partial charge in [0.15, 0.2) is 0 Å². The number of ether oxygens (including phenoxy) is 1. The Morgan fingerprint density at radius 1 is 1.07 bits per heavy atom. The van der Waals surface area contributed by atoms with Crippen LogP contribution >= 0.6 is 0 Å². The van der Waals surface area contributed by atoms with Gasteiger partial charge in [-0.25, -0.2) is 9.59 Å². The molecule has 2 rings (SSSR count). The van der Waals surface area contributed by atoms with Crippen molar-refractivity contribution < 1.29 is 24.5 Å². The summed E-state index contributed by atoms with van der Waals surface area (Å²) in [4.78, 5) is 37.6. The number of nitrogens with two attached hydrogens (primary N) is 1. The second kappa shape index (κ2) is 8.88. The van der Waals surface area contributed by atoms with Crippen molar-refractivity contribution in [2.75, 3.05) is 12.3 Å². The molecule has 27 heavy (non-hydrogen) atoms. The third kappa shape index (κ3) is 4.46. The van der Waals surface area contributed by atoms with Crippen LogP contribution in [0, 0.1) is 0 Å². The van der Waals surface area contributed by atoms with Crippen LogP contribution in [-0.4, -0.2) is 33.7 Å². The number of pyridine rings is 1. The summed E-state index contributed by atoms with van der Waals surface area (Å²) in [5.41, 5.74) is 3.45. The van der Waals surface area contributed by atoms with Gasteiger partial charge in [-0.1, -0.05) is 44.4 Å². The quantitative estimate of drug-likeness (QED) is 0.494. The van der Waals surface area contributed by atoms with Crippen molar-refractivity contribution in [1.29, 1.82) is 0 Å². The zero-order valence-corrected chi connectivity index (χ0v) is 14.9. The Kier molecular flexibility index (Phi) is 6.59. The number of nitrogens with one attached hydrogen (secondary N) is 1. The average Bonchev–Trinajstić information content (AvgIpc) is 2.60. The van der Waals surface area contributed by atoms with Crippen molar-refractivity contribution in [2.24, 2.45) is 0 Å². The minimum atomic E-state index is -1.55. The van der Waals surface area contributed by atoms with Crippen LogP contribution in [0.25, 0.3) is 11.1 Å². The van der Waals surface area contributed by atoms with Crippen molar-refractivity contribution in [2.45, 2.75) is 32.6 Å². The predicted octanol–water partition coefficient (Wildman–Crippen LogP) is 2.98. The van der Waals surface area contributed by atoms with Gasteiger partial charge in [0.25, 0.3) is 5.56 Å². The fourth-order valence-electron chi connectivity index (χ4n) is 2.83. The monoisotopic (exact) mass is 374 g/mol. The molecule has 0 spiro atoms. The molecule has 0 saturated carbocycles. The first kappa shape index (κ1) is 20.0. The van der Waals surface area contributed by atoms with Gasteiger partial charge in [-0.2, -0.15) is 0 Å². The number of rotatable bonds is 9. The molecular weight excluding hydrogens is 352 g/mol. The number of aromatic amines is 1. The average molecular weight is 374 g/mol. The number of H-pyrrole nitrogens is 1. The minimum absolute atomic E-state index is 0.195. The maximum Gasteiger partial charge on any atom is 0.342 e. The predicted molar refractivity (Wildman–Crippen MR) is 100 cm³/mol. The number of carboxylic acid groups (broad SMARTS) is 2. The van der Waals surface area contributed by atoms with E-state index in [0.29, 0.717) is 12.4 Å². The SMILES string of the molecule is CCCCCCOc1ccccc1-c1c(C(=O)O)c(N)[nH]c(=O)c1C(=O)O. The van der Waals surface area contributed by atoms with Crippen molar-refractivity contribution in [3.05, 3.63) is 45.7 Å². The summed E-state index contributed by atoms with van der Waals surface area (Å²) in [7, 11) is 0. The molecular formula is C19H22N2O6. The lowest BCUT2D eigenvalue weighted by Crippen LogP contribution is -2.24. The van der Waals surface area contributed by atoms with Crippen molar-refractivity contribution in [3.8, 4) is 16.9 Å². The fraction of sp³-hybridized carbons (Fsp3) is 0.316. The summed E-state index contributed by atoms with van der Waals surface area (Å²) < 4.78 is 5.75. The number of hydrogen-bond acceptors (Lipinski definition) is 5. The van der Waals surface area contributed by atoms with Crippen molar-refractivity contribution >= 4 is 17.8 Å². The van der Waals surface area contributed by atoms with E-state index in [1.165, 1.54) is 6.07 Å². The Bertz CT molecular complexity index is 904. The lowest BCUT2D eigenvalue weighted by atomic mass is 9.94. The largest absolute Gasteiger partial charge is 0.493 e. The van der Waals surface area contributed by atoms with Gasteiger partial charge in [-0.05, 0) is 12.5 Å². The van der Waals surface area contributed by atoms with Gasteiger partial charge in [0.05, 0.1) is 6.61 Å². The number of aromatic nitrogens is 1. The number of carboxylic acids is 2. The van der Waals surface area contributed by atoms with E-state index in [1.807, 2.05) is 0 Å². The number of para-hydroxylation sites is 1. The Hall–Kier alpha value is -3.29. The topological polar surface area (TPSA) is 143 Å². The van der Waals surface area contributed by atoms with Crippen LogP contribution in [0.4, 0.5) is 5.82 Å². The third-order valence-corrected chi connectivity index (χ3v) is 4.08. The first-order valence-electron chi connectivity index (χ1n) is 8.63. The highest BCUT2D eigenvalue weighted by molar-refractivity contribution is 6.08. The Balaban J connectivity index is 2.59. The van der Waals surface area contributed by atoms with E-state index in [-0.39, 0.29) is 11.1 Å². The molecule has 0 radical (unpaired) electrons. The molecule has 0 amide bonds. The van der Waals surface area contributed by atoms with Gasteiger partial charge in [0.1, 0.15) is 22.7 Å². The van der Waals surface area contributed by atoms with Crippen LogP contribution in [0.2, 0.25) is 0 Å². The molecule has 8 nitrogen and oxygen atoms in total. The standard InChI is InChI=1S/C19H22N2O6/c1-2-3-4-7-10-27-12-9-6-5-8-11(12)13-14(18(23)24)16(20)21-17(22)15(13)19(25)26/h5-6,8-9H,2-4,7,10H2,1H3,(H,23,24)(H,25,26)(H3,20,21,22). The summed E-state index contributed by atoms with van der Waals surface area (Å²) in [6.45, 7) is 2.48. The first-order valence-corrected chi connectivity index (χ1v) is 8.63. The van der Waals surface area contributed by atoms with Crippen LogP contribution in [0.15, 0.2) is 29.1 Å². The number of aromatic carboxylic acids is 2. The van der Waals surface area contributed by atoms with Gasteiger partial charge in [-0.15, -0.1) is 0 Å². The molecule has 0 aliphatic heterocycles. The van der Waals surface area contributed by atoms with Crippen LogP contribution in [0.1, 0.15) is 53.3 Å². The number of carbonyl (C=O) groups is 2. The molecule has 0 fully saturated rings. The van der Waals surface area contributed by atoms with Crippen LogP contribution < -0.4 is 16.0 Å². The third-order valence-electron chi connectivity index (χ3n) is 4.08. The highest BCUT2D eigenvalue weighted by Crippen LogP contribution is 2.35. The molecule has 0 unspecified atom stereocenters. The summed E-state index contributed by atoms with van der Waals surface area (Å²) in [5.74, 6) is -3.11. The van der Waals surface area contributed by atoms with E-state index in [9.17, 15) is 24.6 Å². The molecule has 0 bridgehead atoms. The molecule has 144 valence electrons. The lowest BCUT2D eigenvalue weighted by molar-refractivity contribution is 0.0695. The zero-order valence-electron chi connectivity index (χ0n) is 14.9. The lowest BCUT2D eigenvalue weighted by Gasteiger charge is -2.16. The Labute approximate surface area is 155 Å². The maximum atomic E-state index is 12.1. The van der Waals surface area contributed by atoms with Crippen molar-refractivity contribution in [1.82, 2.24) is 4.98 Å². The van der Waals surface area contributed by atoms with E-state index >= 15 is 0 Å². The fourth-order valence-corrected chi connectivity index (χ4v) is 2.83. The number of nitrogen functional groups attached to an aromatic ring is 1. The highest BCUT2D eigenvalue weighted by atomic mass is 16.5. The smallest absolute Gasteiger partial charge is 0.342 e. The van der Waals surface area contributed by atoms with Crippen LogP contribution in [-0.2, 0) is 0 Å². The van der Waals surface area contributed by atoms with E-state index in [4.69, 9.17) is 10.5 Å². The summed E-state index contributed by atoms with van der Waals surface area (Å²) in [6.07, 6.45) is 3.93. The van der Waals surface area contributed by atoms with Crippen LogP contribution in [0.3, 0.4) is 0 Å². The molecule has 5 N–H and O–H groups in total.